The first kappa shape index (κ1) is 27.7. The molecule has 202 valence electrons. The van der Waals surface area contributed by atoms with Crippen molar-refractivity contribution in [1.29, 1.82) is 0 Å². The van der Waals surface area contributed by atoms with Gasteiger partial charge in [-0.25, -0.2) is 4.79 Å². The molecule has 4 rings (SSSR count). The number of carbonyl (C=O) groups is 1. The SMILES string of the molecule is COC(=O)c1ccc(-c2ccc(OS(=O)(=O)C(F)(F)F)c(-c3ccc4c(c3)C(C)(C)CCC4(C)C)c2)cc1. The van der Waals surface area contributed by atoms with Gasteiger partial charge in [-0.05, 0) is 75.8 Å². The van der Waals surface area contributed by atoms with Gasteiger partial charge in [0.05, 0.1) is 12.7 Å². The fourth-order valence-corrected chi connectivity index (χ4v) is 5.32. The second-order valence-electron chi connectivity index (χ2n) is 10.8. The lowest BCUT2D eigenvalue weighted by atomic mass is 9.63. The number of fused-ring (bicyclic) bond motifs is 1. The molecule has 0 amide bonds. The largest absolute Gasteiger partial charge is 0.534 e. The maximum Gasteiger partial charge on any atom is 0.534 e. The van der Waals surface area contributed by atoms with Crippen LogP contribution in [0.2, 0.25) is 0 Å². The van der Waals surface area contributed by atoms with Crippen LogP contribution in [0.25, 0.3) is 22.3 Å². The first-order valence-corrected chi connectivity index (χ1v) is 13.5. The van der Waals surface area contributed by atoms with E-state index in [0.717, 1.165) is 24.0 Å². The van der Waals surface area contributed by atoms with E-state index in [2.05, 4.69) is 31.9 Å². The summed E-state index contributed by atoms with van der Waals surface area (Å²) >= 11 is 0. The molecule has 0 aliphatic heterocycles. The molecule has 0 radical (unpaired) electrons. The number of benzene rings is 3. The fourth-order valence-electron chi connectivity index (χ4n) is 4.85. The van der Waals surface area contributed by atoms with E-state index >= 15 is 0 Å². The molecule has 9 heteroatoms. The van der Waals surface area contributed by atoms with Crippen LogP contribution >= 0.6 is 0 Å². The van der Waals surface area contributed by atoms with Crippen molar-refractivity contribution in [3.63, 3.8) is 0 Å². The van der Waals surface area contributed by atoms with Crippen molar-refractivity contribution < 1.29 is 35.3 Å². The topological polar surface area (TPSA) is 69.7 Å². The highest BCUT2D eigenvalue weighted by Gasteiger charge is 2.49. The van der Waals surface area contributed by atoms with Crippen LogP contribution in [0, 0.1) is 0 Å². The minimum absolute atomic E-state index is 0.0778. The van der Waals surface area contributed by atoms with E-state index in [1.807, 2.05) is 12.1 Å². The molecule has 0 unspecified atom stereocenters. The standard InChI is InChI=1S/C29H29F3O5S/c1-27(2)14-15-28(3,4)24-17-21(10-12-23(24)27)22-16-20(18-6-8-19(9-7-18)26(33)36-5)11-13-25(22)37-38(34,35)29(30,31)32/h6-13,16-17H,14-15H2,1-5H3. The molecule has 0 saturated carbocycles. The number of hydrogen-bond donors (Lipinski definition) is 0. The van der Waals surface area contributed by atoms with Gasteiger partial charge in [-0.1, -0.05) is 64.1 Å². The van der Waals surface area contributed by atoms with Crippen LogP contribution in [0.4, 0.5) is 13.2 Å². The zero-order valence-electron chi connectivity index (χ0n) is 21.8. The summed E-state index contributed by atoms with van der Waals surface area (Å²) in [7, 11) is -4.61. The Morgan fingerprint density at radius 2 is 1.34 bits per heavy atom. The summed E-state index contributed by atoms with van der Waals surface area (Å²) in [6.07, 6.45) is 1.91. The maximum absolute atomic E-state index is 13.2. The average molecular weight is 547 g/mol. The molecule has 1 aliphatic carbocycles. The second kappa shape index (κ2) is 9.45. The molecule has 3 aromatic carbocycles. The molecule has 0 aromatic heterocycles. The van der Waals surface area contributed by atoms with Crippen molar-refractivity contribution in [2.75, 3.05) is 7.11 Å². The molecular formula is C29H29F3O5S. The van der Waals surface area contributed by atoms with Crippen LogP contribution in [0.5, 0.6) is 5.75 Å². The lowest BCUT2D eigenvalue weighted by Crippen LogP contribution is -2.33. The first-order chi connectivity index (χ1) is 17.6. The number of carbonyl (C=O) groups excluding carboxylic acids is 1. The monoisotopic (exact) mass is 546 g/mol. The van der Waals surface area contributed by atoms with Crippen LogP contribution in [0.3, 0.4) is 0 Å². The third-order valence-corrected chi connectivity index (χ3v) is 8.23. The molecule has 38 heavy (non-hydrogen) atoms. The minimum atomic E-state index is -5.89. The van der Waals surface area contributed by atoms with Gasteiger partial charge in [-0.3, -0.25) is 0 Å². The molecule has 0 saturated heterocycles. The van der Waals surface area contributed by atoms with E-state index < -0.39 is 27.3 Å². The predicted molar refractivity (Wildman–Crippen MR) is 140 cm³/mol. The Morgan fingerprint density at radius 1 is 0.789 bits per heavy atom. The van der Waals surface area contributed by atoms with Gasteiger partial charge in [0.1, 0.15) is 0 Å². The van der Waals surface area contributed by atoms with Crippen LogP contribution < -0.4 is 4.18 Å². The normalized spacial score (nSPS) is 16.4. The van der Waals surface area contributed by atoms with E-state index in [-0.39, 0.29) is 16.4 Å². The van der Waals surface area contributed by atoms with E-state index in [0.29, 0.717) is 22.3 Å². The summed E-state index contributed by atoms with van der Waals surface area (Å²) in [5, 5.41) is 0. The number of hydrogen-bond acceptors (Lipinski definition) is 5. The molecule has 0 bridgehead atoms. The maximum atomic E-state index is 13.2. The molecule has 3 aromatic rings. The van der Waals surface area contributed by atoms with Crippen molar-refractivity contribution in [3.05, 3.63) is 77.4 Å². The average Bonchev–Trinajstić information content (AvgIpc) is 2.85. The van der Waals surface area contributed by atoms with Crippen molar-refractivity contribution in [2.24, 2.45) is 0 Å². The number of rotatable bonds is 5. The smallest absolute Gasteiger partial charge is 0.465 e. The number of alkyl halides is 3. The zero-order chi connectivity index (χ0) is 28.1. The van der Waals surface area contributed by atoms with E-state index in [1.54, 1.807) is 36.4 Å². The van der Waals surface area contributed by atoms with E-state index in [9.17, 15) is 26.4 Å². The molecule has 0 heterocycles. The molecule has 1 aliphatic rings. The minimum Gasteiger partial charge on any atom is -0.465 e. The van der Waals surface area contributed by atoms with Gasteiger partial charge in [0.15, 0.2) is 5.75 Å². The van der Waals surface area contributed by atoms with Gasteiger partial charge in [0.2, 0.25) is 0 Å². The molecule has 0 atom stereocenters. The summed E-state index contributed by atoms with van der Waals surface area (Å²) < 4.78 is 72.8. The number of halogens is 3. The third-order valence-electron chi connectivity index (χ3n) is 7.27. The van der Waals surface area contributed by atoms with Crippen LogP contribution in [0.15, 0.2) is 60.7 Å². The third kappa shape index (κ3) is 5.16. The lowest BCUT2D eigenvalue weighted by Gasteiger charge is -2.42. The summed E-state index contributed by atoms with van der Waals surface area (Å²) in [5.41, 5.74) is -1.27. The molecular weight excluding hydrogens is 517 g/mol. The van der Waals surface area contributed by atoms with Gasteiger partial charge in [0, 0.05) is 5.56 Å². The highest BCUT2D eigenvalue weighted by atomic mass is 32.2. The Kier molecular flexibility index (Phi) is 6.89. The Bertz CT molecular complexity index is 1490. The van der Waals surface area contributed by atoms with Crippen LogP contribution in [0.1, 0.15) is 62.0 Å². The summed E-state index contributed by atoms with van der Waals surface area (Å²) in [5.74, 6) is -0.928. The summed E-state index contributed by atoms with van der Waals surface area (Å²) in [6, 6.07) is 16.5. The van der Waals surface area contributed by atoms with Gasteiger partial charge in [-0.2, -0.15) is 21.6 Å². The highest BCUT2D eigenvalue weighted by molar-refractivity contribution is 7.88. The van der Waals surface area contributed by atoms with Crippen molar-refractivity contribution in [1.82, 2.24) is 0 Å². The second-order valence-corrected chi connectivity index (χ2v) is 12.3. The van der Waals surface area contributed by atoms with Crippen LogP contribution in [-0.4, -0.2) is 27.0 Å². The Balaban J connectivity index is 1.89. The summed E-state index contributed by atoms with van der Waals surface area (Å²) in [4.78, 5) is 11.8. The van der Waals surface area contributed by atoms with Crippen molar-refractivity contribution in [3.8, 4) is 28.0 Å². The Hall–Kier alpha value is -3.33. The Labute approximate surface area is 220 Å². The lowest BCUT2D eigenvalue weighted by molar-refractivity contribution is -0.0499. The number of ether oxygens (including phenoxy) is 1. The van der Waals surface area contributed by atoms with Gasteiger partial charge in [0.25, 0.3) is 0 Å². The Morgan fingerprint density at radius 3 is 1.92 bits per heavy atom. The van der Waals surface area contributed by atoms with Crippen LogP contribution in [-0.2, 0) is 25.7 Å². The van der Waals surface area contributed by atoms with Gasteiger partial charge < -0.3 is 8.92 Å². The molecule has 0 fully saturated rings. The zero-order valence-corrected chi connectivity index (χ0v) is 22.6. The molecule has 0 N–H and O–H groups in total. The quantitative estimate of drug-likeness (QED) is 0.190. The van der Waals surface area contributed by atoms with Crippen molar-refractivity contribution in [2.45, 2.75) is 56.9 Å². The highest BCUT2D eigenvalue weighted by Crippen LogP contribution is 2.48. The van der Waals surface area contributed by atoms with E-state index in [1.165, 1.54) is 19.2 Å². The van der Waals surface area contributed by atoms with E-state index in [4.69, 9.17) is 4.74 Å². The molecule has 0 spiro atoms. The fraction of sp³-hybridized carbons (Fsp3) is 0.345. The van der Waals surface area contributed by atoms with Gasteiger partial charge in [-0.15, -0.1) is 0 Å². The number of methoxy groups -OCH3 is 1. The molecule has 5 nitrogen and oxygen atoms in total. The van der Waals surface area contributed by atoms with Gasteiger partial charge >= 0.3 is 21.6 Å². The summed E-state index contributed by atoms with van der Waals surface area (Å²) in [6.45, 7) is 8.55. The predicted octanol–water partition coefficient (Wildman–Crippen LogP) is 7.38. The first-order valence-electron chi connectivity index (χ1n) is 12.0. The van der Waals surface area contributed by atoms with Crippen molar-refractivity contribution >= 4 is 16.1 Å². The number of esters is 1.